The number of piperidine rings is 1. The number of rotatable bonds is 2. The first-order valence-electron chi connectivity index (χ1n) is 8.40. The second-order valence-electron chi connectivity index (χ2n) is 6.84. The molecule has 1 unspecified atom stereocenters. The first-order valence-corrected chi connectivity index (χ1v) is 8.40. The number of likely N-dealkylation sites (tertiary alicyclic amines) is 1. The molecule has 7 heteroatoms. The summed E-state index contributed by atoms with van der Waals surface area (Å²) >= 11 is 0. The Balaban J connectivity index is 1.93. The Morgan fingerprint density at radius 1 is 1.35 bits per heavy atom. The average Bonchev–Trinajstić information content (AvgIpc) is 2.58. The lowest BCUT2D eigenvalue weighted by molar-refractivity contribution is -0.162. The van der Waals surface area contributed by atoms with E-state index in [0.29, 0.717) is 17.6 Å². The maximum Gasteiger partial charge on any atom is 0.397 e. The van der Waals surface area contributed by atoms with Crippen LogP contribution in [0.4, 0.5) is 13.2 Å². The second kappa shape index (κ2) is 6.94. The number of carbonyl (C=O) groups is 1. The van der Waals surface area contributed by atoms with Crippen LogP contribution in [0.2, 0.25) is 0 Å². The van der Waals surface area contributed by atoms with Crippen LogP contribution in [-0.4, -0.2) is 35.1 Å². The van der Waals surface area contributed by atoms with Gasteiger partial charge in [-0.15, -0.1) is 0 Å². The average molecular weight is 361 g/mol. The normalized spacial score (nSPS) is 20.8. The molecular formula is C19H18F3N3O. The van der Waals surface area contributed by atoms with Gasteiger partial charge < -0.3 is 4.90 Å². The summed E-state index contributed by atoms with van der Waals surface area (Å²) in [6.07, 6.45) is -3.55. The minimum atomic E-state index is -4.50. The molecule has 2 aromatic rings. The van der Waals surface area contributed by atoms with E-state index in [9.17, 15) is 23.2 Å². The number of nitrogens with zero attached hydrogens (tertiary/aromatic N) is 3. The fourth-order valence-corrected chi connectivity index (χ4v) is 3.70. The molecule has 0 bridgehead atoms. The fourth-order valence-electron chi connectivity index (χ4n) is 3.70. The molecular weight excluding hydrogens is 343 g/mol. The van der Waals surface area contributed by atoms with Crippen LogP contribution in [0.15, 0.2) is 30.5 Å². The van der Waals surface area contributed by atoms with Gasteiger partial charge in [-0.1, -0.05) is 19.1 Å². The van der Waals surface area contributed by atoms with Crippen molar-refractivity contribution in [2.24, 2.45) is 5.92 Å². The standard InChI is InChI=1S/C19H18F3N3O/c1-12-7-14(11-25(10-12)17(26)8-19(20,21)22)15-5-4-13(9-23)18-16(15)3-2-6-24-18/h2-6,12,14H,7-8,10-11H2,1H3/t12-,14?/m1/s1. The van der Waals surface area contributed by atoms with E-state index in [2.05, 4.69) is 11.1 Å². The smallest absolute Gasteiger partial charge is 0.342 e. The summed E-state index contributed by atoms with van der Waals surface area (Å²) in [6, 6.07) is 9.26. The van der Waals surface area contributed by atoms with E-state index >= 15 is 0 Å². The van der Waals surface area contributed by atoms with Crippen molar-refractivity contribution in [2.75, 3.05) is 13.1 Å². The highest BCUT2D eigenvalue weighted by Gasteiger charge is 2.36. The number of pyridine rings is 1. The Labute approximate surface area is 149 Å². The lowest BCUT2D eigenvalue weighted by Crippen LogP contribution is -2.43. The van der Waals surface area contributed by atoms with Gasteiger partial charge in [0.15, 0.2) is 0 Å². The van der Waals surface area contributed by atoms with E-state index in [0.717, 1.165) is 17.4 Å². The molecule has 1 saturated heterocycles. The molecule has 0 saturated carbocycles. The van der Waals surface area contributed by atoms with E-state index in [-0.39, 0.29) is 18.4 Å². The van der Waals surface area contributed by atoms with Crippen LogP contribution in [0.3, 0.4) is 0 Å². The zero-order valence-corrected chi connectivity index (χ0v) is 14.3. The predicted molar refractivity (Wildman–Crippen MR) is 90.2 cm³/mol. The summed E-state index contributed by atoms with van der Waals surface area (Å²) in [7, 11) is 0. The van der Waals surface area contributed by atoms with E-state index in [1.54, 1.807) is 18.3 Å². The first-order chi connectivity index (χ1) is 12.3. The van der Waals surface area contributed by atoms with Crippen LogP contribution < -0.4 is 0 Å². The number of nitriles is 1. The molecule has 26 heavy (non-hydrogen) atoms. The largest absolute Gasteiger partial charge is 0.397 e. The van der Waals surface area contributed by atoms with Crippen molar-refractivity contribution >= 4 is 16.8 Å². The highest BCUT2D eigenvalue weighted by molar-refractivity contribution is 5.87. The molecule has 2 atom stereocenters. The zero-order valence-electron chi connectivity index (χ0n) is 14.3. The molecule has 1 aromatic heterocycles. The number of halogens is 3. The molecule has 1 amide bonds. The molecule has 0 N–H and O–H groups in total. The highest BCUT2D eigenvalue weighted by atomic mass is 19.4. The summed E-state index contributed by atoms with van der Waals surface area (Å²) in [6.45, 7) is 2.51. The minimum absolute atomic E-state index is 0.0876. The zero-order chi connectivity index (χ0) is 18.9. The third-order valence-electron chi connectivity index (χ3n) is 4.73. The lowest BCUT2D eigenvalue weighted by Gasteiger charge is -2.37. The first kappa shape index (κ1) is 18.2. The lowest BCUT2D eigenvalue weighted by atomic mass is 9.83. The van der Waals surface area contributed by atoms with Crippen molar-refractivity contribution in [3.8, 4) is 6.07 Å². The monoisotopic (exact) mass is 361 g/mol. The van der Waals surface area contributed by atoms with Gasteiger partial charge in [0.1, 0.15) is 12.5 Å². The van der Waals surface area contributed by atoms with Crippen LogP contribution in [0, 0.1) is 17.2 Å². The van der Waals surface area contributed by atoms with Crippen molar-refractivity contribution in [3.63, 3.8) is 0 Å². The third-order valence-corrected chi connectivity index (χ3v) is 4.73. The topological polar surface area (TPSA) is 57.0 Å². The Morgan fingerprint density at radius 3 is 2.81 bits per heavy atom. The number of benzene rings is 1. The van der Waals surface area contributed by atoms with Gasteiger partial charge in [-0.2, -0.15) is 18.4 Å². The summed E-state index contributed by atoms with van der Waals surface area (Å²) in [5.41, 5.74) is 1.96. The molecule has 0 radical (unpaired) electrons. The SMILES string of the molecule is C[C@@H]1CC(c2ccc(C#N)c3ncccc23)CN(C(=O)CC(F)(F)F)C1. The van der Waals surface area contributed by atoms with Gasteiger partial charge in [-0.3, -0.25) is 9.78 Å². The molecule has 1 fully saturated rings. The number of aromatic nitrogens is 1. The van der Waals surface area contributed by atoms with Gasteiger partial charge in [0.2, 0.25) is 5.91 Å². The Hall–Kier alpha value is -2.62. The molecule has 2 heterocycles. The van der Waals surface area contributed by atoms with E-state index in [1.165, 1.54) is 4.90 Å². The highest BCUT2D eigenvalue weighted by Crippen LogP contribution is 2.35. The van der Waals surface area contributed by atoms with Gasteiger partial charge in [0.25, 0.3) is 0 Å². The summed E-state index contributed by atoms with van der Waals surface area (Å²) in [5, 5.41) is 10.1. The summed E-state index contributed by atoms with van der Waals surface area (Å²) in [4.78, 5) is 17.6. The van der Waals surface area contributed by atoms with Gasteiger partial charge in [0.05, 0.1) is 11.1 Å². The molecule has 3 rings (SSSR count). The summed E-state index contributed by atoms with van der Waals surface area (Å²) < 4.78 is 37.8. The maximum atomic E-state index is 12.6. The molecule has 1 aliphatic rings. The van der Waals surface area contributed by atoms with Gasteiger partial charge >= 0.3 is 6.18 Å². The van der Waals surface area contributed by atoms with E-state index in [1.807, 2.05) is 19.1 Å². The molecule has 0 aliphatic carbocycles. The van der Waals surface area contributed by atoms with Gasteiger partial charge in [-0.05, 0) is 30.0 Å². The maximum absolute atomic E-state index is 12.6. The van der Waals surface area contributed by atoms with Crippen LogP contribution >= 0.6 is 0 Å². The fraction of sp³-hybridized carbons (Fsp3) is 0.421. The number of fused-ring (bicyclic) bond motifs is 1. The van der Waals surface area contributed by atoms with Crippen LogP contribution in [-0.2, 0) is 4.79 Å². The molecule has 1 aliphatic heterocycles. The quantitative estimate of drug-likeness (QED) is 0.812. The van der Waals surface area contributed by atoms with Crippen LogP contribution in [0.25, 0.3) is 10.9 Å². The number of carbonyl (C=O) groups excluding carboxylic acids is 1. The van der Waals surface area contributed by atoms with Gasteiger partial charge in [-0.25, -0.2) is 0 Å². The van der Waals surface area contributed by atoms with Gasteiger partial charge in [0, 0.05) is 30.6 Å². The van der Waals surface area contributed by atoms with E-state index < -0.39 is 18.5 Å². The number of amides is 1. The van der Waals surface area contributed by atoms with Crippen molar-refractivity contribution in [1.29, 1.82) is 5.26 Å². The molecule has 4 nitrogen and oxygen atoms in total. The van der Waals surface area contributed by atoms with Crippen molar-refractivity contribution in [2.45, 2.75) is 31.9 Å². The van der Waals surface area contributed by atoms with E-state index in [4.69, 9.17) is 0 Å². The van der Waals surface area contributed by atoms with Crippen LogP contribution in [0.1, 0.15) is 36.8 Å². The Bertz CT molecular complexity index is 872. The van der Waals surface area contributed by atoms with Crippen LogP contribution in [0.5, 0.6) is 0 Å². The Morgan fingerprint density at radius 2 is 2.12 bits per heavy atom. The number of hydrogen-bond donors (Lipinski definition) is 0. The minimum Gasteiger partial charge on any atom is -0.342 e. The molecule has 0 spiro atoms. The Kier molecular flexibility index (Phi) is 4.86. The number of alkyl halides is 3. The molecule has 1 aromatic carbocycles. The third kappa shape index (κ3) is 3.79. The second-order valence-corrected chi connectivity index (χ2v) is 6.84. The summed E-state index contributed by atoms with van der Waals surface area (Å²) in [5.74, 6) is -0.881. The van der Waals surface area contributed by atoms with Crippen molar-refractivity contribution in [3.05, 3.63) is 41.6 Å². The van der Waals surface area contributed by atoms with Crippen molar-refractivity contribution in [1.82, 2.24) is 9.88 Å². The number of hydrogen-bond acceptors (Lipinski definition) is 3. The predicted octanol–water partition coefficient (Wildman–Crippen LogP) is 4.01. The van der Waals surface area contributed by atoms with Crippen molar-refractivity contribution < 1.29 is 18.0 Å². The molecule has 136 valence electrons.